The lowest BCUT2D eigenvalue weighted by atomic mass is 10.0. The Morgan fingerprint density at radius 2 is 1.35 bits per heavy atom. The molecule has 0 aliphatic rings. The highest BCUT2D eigenvalue weighted by atomic mass is 16.4. The maximum Gasteiger partial charge on any atom is 0.303 e. The molecule has 0 aliphatic heterocycles. The molecular weight excluding hydrogens is 320 g/mol. The number of carboxylic acid groups (broad SMARTS) is 1. The van der Waals surface area contributed by atoms with Crippen LogP contribution in [0.15, 0.2) is 59.2 Å². The molecule has 0 radical (unpaired) electrons. The van der Waals surface area contributed by atoms with E-state index in [1.807, 2.05) is 12.1 Å². The lowest BCUT2D eigenvalue weighted by Crippen LogP contribution is -1.97. The number of carbonyl (C=O) groups is 1. The zero-order valence-corrected chi connectivity index (χ0v) is 16.8. The van der Waals surface area contributed by atoms with Crippen molar-refractivity contribution in [1.29, 1.82) is 0 Å². The van der Waals surface area contributed by atoms with Crippen LogP contribution in [0.2, 0.25) is 0 Å². The van der Waals surface area contributed by atoms with Crippen molar-refractivity contribution in [3.05, 3.63) is 70.3 Å². The van der Waals surface area contributed by atoms with Crippen LogP contribution in [-0.2, 0) is 17.6 Å². The molecule has 0 fully saturated rings. The Bertz CT molecular complexity index is 641. The van der Waals surface area contributed by atoms with Gasteiger partial charge in [-0.15, -0.1) is 0 Å². The number of benzene rings is 1. The predicted molar refractivity (Wildman–Crippen MR) is 112 cm³/mol. The number of carboxylic acids is 1. The molecule has 0 saturated carbocycles. The normalized spacial score (nSPS) is 12.2. The first-order chi connectivity index (χ1) is 12.4. The third kappa shape index (κ3) is 10.7. The lowest BCUT2D eigenvalue weighted by molar-refractivity contribution is -0.136. The first-order valence-corrected chi connectivity index (χ1v) is 9.61. The van der Waals surface area contributed by atoms with Crippen molar-refractivity contribution in [3.8, 4) is 0 Å². The number of hydrogen-bond acceptors (Lipinski definition) is 1. The Morgan fingerprint density at radius 1 is 0.808 bits per heavy atom. The quantitative estimate of drug-likeness (QED) is 0.451. The molecule has 0 heterocycles. The van der Waals surface area contributed by atoms with E-state index < -0.39 is 5.97 Å². The molecule has 142 valence electrons. The summed E-state index contributed by atoms with van der Waals surface area (Å²) in [6.45, 7) is 8.73. The summed E-state index contributed by atoms with van der Waals surface area (Å²) in [5, 5.41) is 8.73. The molecule has 0 aliphatic carbocycles. The van der Waals surface area contributed by atoms with Crippen LogP contribution in [0.3, 0.4) is 0 Å². The van der Waals surface area contributed by atoms with Gasteiger partial charge in [0.1, 0.15) is 0 Å². The molecule has 0 saturated heterocycles. The van der Waals surface area contributed by atoms with Crippen LogP contribution >= 0.6 is 0 Å². The van der Waals surface area contributed by atoms with E-state index >= 15 is 0 Å². The molecule has 1 N–H and O–H groups in total. The number of allylic oxidation sites excluding steroid dienone is 6. The van der Waals surface area contributed by atoms with Gasteiger partial charge in [-0.05, 0) is 77.3 Å². The summed E-state index contributed by atoms with van der Waals surface area (Å²) >= 11 is 0. The van der Waals surface area contributed by atoms with Gasteiger partial charge in [-0.25, -0.2) is 0 Å². The molecule has 1 aromatic rings. The Morgan fingerprint density at radius 3 is 1.92 bits per heavy atom. The van der Waals surface area contributed by atoms with E-state index in [-0.39, 0.29) is 6.42 Å². The highest BCUT2D eigenvalue weighted by Crippen LogP contribution is 2.13. The molecule has 1 rings (SSSR count). The van der Waals surface area contributed by atoms with Crippen LogP contribution in [-0.4, -0.2) is 11.1 Å². The minimum absolute atomic E-state index is 0.194. The van der Waals surface area contributed by atoms with Gasteiger partial charge in [0, 0.05) is 6.42 Å². The van der Waals surface area contributed by atoms with Gasteiger partial charge in [0.05, 0.1) is 0 Å². The first kappa shape index (κ1) is 22.0. The van der Waals surface area contributed by atoms with Gasteiger partial charge >= 0.3 is 5.97 Å². The van der Waals surface area contributed by atoms with Gasteiger partial charge < -0.3 is 5.11 Å². The number of aliphatic carboxylic acids is 1. The lowest BCUT2D eigenvalue weighted by Gasteiger charge is -2.03. The summed E-state index contributed by atoms with van der Waals surface area (Å²) in [5.74, 6) is -0.742. The van der Waals surface area contributed by atoms with E-state index in [0.29, 0.717) is 6.42 Å². The Balaban J connectivity index is 2.36. The van der Waals surface area contributed by atoms with E-state index in [9.17, 15) is 4.79 Å². The van der Waals surface area contributed by atoms with Crippen molar-refractivity contribution in [2.45, 2.75) is 72.6 Å². The fourth-order valence-corrected chi connectivity index (χ4v) is 2.72. The molecule has 26 heavy (non-hydrogen) atoms. The molecule has 0 atom stereocenters. The summed E-state index contributed by atoms with van der Waals surface area (Å²) in [6.07, 6.45) is 13.2. The second-order valence-electron chi connectivity index (χ2n) is 7.37. The van der Waals surface area contributed by atoms with Crippen LogP contribution in [0.25, 0.3) is 0 Å². The van der Waals surface area contributed by atoms with E-state index in [4.69, 9.17) is 5.11 Å². The van der Waals surface area contributed by atoms with Gasteiger partial charge in [0.25, 0.3) is 0 Å². The molecule has 0 amide bonds. The van der Waals surface area contributed by atoms with Gasteiger partial charge in [-0.2, -0.15) is 0 Å². The molecule has 0 spiro atoms. The molecule has 2 nitrogen and oxygen atoms in total. The van der Waals surface area contributed by atoms with Crippen LogP contribution < -0.4 is 0 Å². The van der Waals surface area contributed by atoms with Crippen LogP contribution in [0, 0.1) is 0 Å². The zero-order valence-electron chi connectivity index (χ0n) is 16.8. The van der Waals surface area contributed by atoms with Gasteiger partial charge in [-0.1, -0.05) is 59.2 Å². The Labute approximate surface area is 159 Å². The SMILES string of the molecule is CC(C)=CCCC(C)=CCCC(C)=CCc1ccc(CCC(=O)O)cc1. The third-order valence-corrected chi connectivity index (χ3v) is 4.46. The molecule has 2 heteroatoms. The summed E-state index contributed by atoms with van der Waals surface area (Å²) in [6, 6.07) is 8.29. The van der Waals surface area contributed by atoms with Crippen molar-refractivity contribution < 1.29 is 9.90 Å². The van der Waals surface area contributed by atoms with Crippen LogP contribution in [0.4, 0.5) is 0 Å². The average Bonchev–Trinajstić information content (AvgIpc) is 2.58. The largest absolute Gasteiger partial charge is 0.481 e. The fourth-order valence-electron chi connectivity index (χ4n) is 2.72. The standard InChI is InChI=1S/C24H34O2/c1-19(2)7-5-8-20(3)9-6-10-21(4)11-12-22-13-15-23(16-14-22)17-18-24(25)26/h7,9,11,13-16H,5-6,8,10,12,17-18H2,1-4H3,(H,25,26). The van der Waals surface area contributed by atoms with Crippen molar-refractivity contribution >= 4 is 5.97 Å². The topological polar surface area (TPSA) is 37.3 Å². The summed E-state index contributed by atoms with van der Waals surface area (Å²) in [5.41, 5.74) is 6.66. The van der Waals surface area contributed by atoms with Gasteiger partial charge in [-0.3, -0.25) is 4.79 Å². The van der Waals surface area contributed by atoms with Crippen molar-refractivity contribution in [2.24, 2.45) is 0 Å². The van der Waals surface area contributed by atoms with Crippen LogP contribution in [0.5, 0.6) is 0 Å². The smallest absolute Gasteiger partial charge is 0.303 e. The third-order valence-electron chi connectivity index (χ3n) is 4.46. The Kier molecular flexibility index (Phi) is 10.4. The van der Waals surface area contributed by atoms with Gasteiger partial charge in [0.15, 0.2) is 0 Å². The van der Waals surface area contributed by atoms with E-state index in [2.05, 4.69) is 58.1 Å². The van der Waals surface area contributed by atoms with E-state index in [0.717, 1.165) is 37.7 Å². The number of hydrogen-bond donors (Lipinski definition) is 1. The molecule has 0 aromatic heterocycles. The fraction of sp³-hybridized carbons (Fsp3) is 0.458. The molecule has 0 bridgehead atoms. The molecular formula is C24H34O2. The van der Waals surface area contributed by atoms with Gasteiger partial charge in [0.2, 0.25) is 0 Å². The monoisotopic (exact) mass is 354 g/mol. The molecule has 1 aromatic carbocycles. The minimum atomic E-state index is -0.742. The summed E-state index contributed by atoms with van der Waals surface area (Å²) < 4.78 is 0. The Hall–Kier alpha value is -2.09. The highest BCUT2D eigenvalue weighted by Gasteiger charge is 1.99. The number of aryl methyl sites for hydroxylation is 1. The minimum Gasteiger partial charge on any atom is -0.481 e. The predicted octanol–water partition coefficient (Wildman–Crippen LogP) is 6.67. The molecule has 0 unspecified atom stereocenters. The van der Waals surface area contributed by atoms with Crippen molar-refractivity contribution in [2.75, 3.05) is 0 Å². The van der Waals surface area contributed by atoms with E-state index in [1.165, 1.54) is 22.3 Å². The van der Waals surface area contributed by atoms with E-state index in [1.54, 1.807) is 0 Å². The second-order valence-corrected chi connectivity index (χ2v) is 7.37. The van der Waals surface area contributed by atoms with Crippen LogP contribution in [0.1, 0.15) is 70.9 Å². The maximum absolute atomic E-state index is 10.6. The second kappa shape index (κ2) is 12.3. The summed E-state index contributed by atoms with van der Waals surface area (Å²) in [4.78, 5) is 10.6. The average molecular weight is 355 g/mol. The number of rotatable bonds is 11. The highest BCUT2D eigenvalue weighted by molar-refractivity contribution is 5.67. The summed E-state index contributed by atoms with van der Waals surface area (Å²) in [7, 11) is 0. The van der Waals surface area contributed by atoms with Crippen molar-refractivity contribution in [1.82, 2.24) is 0 Å². The maximum atomic E-state index is 10.6. The first-order valence-electron chi connectivity index (χ1n) is 9.61. The van der Waals surface area contributed by atoms with Crippen molar-refractivity contribution in [3.63, 3.8) is 0 Å². The zero-order chi connectivity index (χ0) is 19.4.